The smallest absolute Gasteiger partial charge is 0.335 e. The summed E-state index contributed by atoms with van der Waals surface area (Å²) in [6, 6.07) is 6.64. The summed E-state index contributed by atoms with van der Waals surface area (Å²) in [4.78, 5) is 26.2. The Kier molecular flexibility index (Phi) is 5.00. The van der Waals surface area contributed by atoms with Crippen molar-refractivity contribution in [3.8, 4) is 0 Å². The average molecular weight is 328 g/mol. The predicted molar refractivity (Wildman–Crippen MR) is 94.8 cm³/mol. The van der Waals surface area contributed by atoms with Gasteiger partial charge in [0.25, 0.3) is 5.56 Å². The monoisotopic (exact) mass is 328 g/mol. The first-order valence-electron chi connectivity index (χ1n) is 8.72. The van der Waals surface area contributed by atoms with Gasteiger partial charge in [0.2, 0.25) is 0 Å². The van der Waals surface area contributed by atoms with Crippen molar-refractivity contribution in [3.05, 3.63) is 45.7 Å². The van der Waals surface area contributed by atoms with Gasteiger partial charge in [-0.25, -0.2) is 4.79 Å². The fourth-order valence-electron chi connectivity index (χ4n) is 3.58. The molecule has 0 amide bonds. The fraction of sp³-hybridized carbons (Fsp3) is 0.474. The number of rotatable bonds is 5. The summed E-state index contributed by atoms with van der Waals surface area (Å²) < 4.78 is 1.81. The quantitative estimate of drug-likeness (QED) is 0.917. The number of hydrogen-bond donors (Lipinski definition) is 1. The zero-order valence-electron chi connectivity index (χ0n) is 14.1. The second-order valence-corrected chi connectivity index (χ2v) is 6.46. The lowest BCUT2D eigenvalue weighted by atomic mass is 10.0. The largest absolute Gasteiger partial charge is 0.478 e. The van der Waals surface area contributed by atoms with Gasteiger partial charge < -0.3 is 14.6 Å². The number of piperidine rings is 1. The maximum absolute atomic E-state index is 12.4. The zero-order chi connectivity index (χ0) is 17.1. The van der Waals surface area contributed by atoms with Crippen LogP contribution in [0.25, 0.3) is 10.9 Å². The number of carboxylic acids is 1. The molecular weight excluding hydrogens is 304 g/mol. The van der Waals surface area contributed by atoms with Crippen molar-refractivity contribution in [2.45, 2.75) is 39.2 Å². The minimum atomic E-state index is -0.933. The summed E-state index contributed by atoms with van der Waals surface area (Å²) in [6.07, 6.45) is 4.45. The molecule has 5 nitrogen and oxygen atoms in total. The van der Waals surface area contributed by atoms with Gasteiger partial charge >= 0.3 is 5.97 Å². The molecule has 0 spiro atoms. The molecule has 0 bridgehead atoms. The van der Waals surface area contributed by atoms with E-state index < -0.39 is 5.97 Å². The summed E-state index contributed by atoms with van der Waals surface area (Å²) in [5, 5.41) is 10.1. The van der Waals surface area contributed by atoms with Gasteiger partial charge in [-0.1, -0.05) is 13.3 Å². The first-order chi connectivity index (χ1) is 11.6. The standard InChI is InChI=1S/C19H24N2O3/c1-2-14-12-16(19(23)24)13-15-6-7-17(22)21(18(14)15)11-10-20-8-4-3-5-9-20/h6-7,12-13H,2-5,8-11H2,1H3,(H,23,24). The predicted octanol–water partition coefficient (Wildman–Crippen LogP) is 2.75. The molecule has 1 aliphatic heterocycles. The first kappa shape index (κ1) is 16.7. The number of pyridine rings is 1. The van der Waals surface area contributed by atoms with Gasteiger partial charge in [0.05, 0.1) is 11.1 Å². The Labute approximate surface area is 141 Å². The topological polar surface area (TPSA) is 62.5 Å². The molecule has 0 radical (unpaired) electrons. The number of benzene rings is 1. The zero-order valence-corrected chi connectivity index (χ0v) is 14.1. The molecule has 1 N–H and O–H groups in total. The highest BCUT2D eigenvalue weighted by atomic mass is 16.4. The maximum Gasteiger partial charge on any atom is 0.335 e. The lowest BCUT2D eigenvalue weighted by Gasteiger charge is -2.27. The Bertz CT molecular complexity index is 804. The normalized spacial score (nSPS) is 15.7. The van der Waals surface area contributed by atoms with E-state index in [9.17, 15) is 14.7 Å². The number of aromatic carboxylic acids is 1. The van der Waals surface area contributed by atoms with Crippen molar-refractivity contribution in [1.82, 2.24) is 9.47 Å². The van der Waals surface area contributed by atoms with E-state index in [1.54, 1.807) is 24.3 Å². The molecule has 1 fully saturated rings. The lowest BCUT2D eigenvalue weighted by molar-refractivity contribution is 0.0697. The molecule has 0 saturated carbocycles. The second kappa shape index (κ2) is 7.18. The third-order valence-electron chi connectivity index (χ3n) is 4.88. The van der Waals surface area contributed by atoms with Crippen LogP contribution < -0.4 is 5.56 Å². The van der Waals surface area contributed by atoms with E-state index in [0.717, 1.165) is 36.1 Å². The highest BCUT2D eigenvalue weighted by Gasteiger charge is 2.14. The van der Waals surface area contributed by atoms with Crippen LogP contribution in [0.1, 0.15) is 42.1 Å². The van der Waals surface area contributed by atoms with Gasteiger partial charge in [-0.15, -0.1) is 0 Å². The Balaban J connectivity index is 2.00. The van der Waals surface area contributed by atoms with Gasteiger partial charge in [0.15, 0.2) is 0 Å². The van der Waals surface area contributed by atoms with Crippen LogP contribution >= 0.6 is 0 Å². The van der Waals surface area contributed by atoms with Crippen molar-refractivity contribution in [1.29, 1.82) is 0 Å². The molecule has 24 heavy (non-hydrogen) atoms. The van der Waals surface area contributed by atoms with Crippen LogP contribution in [0.5, 0.6) is 0 Å². The molecule has 2 aromatic rings. The van der Waals surface area contributed by atoms with Crippen LogP contribution in [0.15, 0.2) is 29.1 Å². The SMILES string of the molecule is CCc1cc(C(=O)O)cc2ccc(=O)n(CCN3CCCCC3)c12. The Hall–Kier alpha value is -2.14. The number of fused-ring (bicyclic) bond motifs is 1. The number of nitrogens with zero attached hydrogens (tertiary/aromatic N) is 2. The molecule has 3 rings (SSSR count). The summed E-state index contributed by atoms with van der Waals surface area (Å²) in [6.45, 7) is 5.71. The molecular formula is C19H24N2O3. The van der Waals surface area contributed by atoms with Crippen LogP contribution in [-0.4, -0.2) is 40.2 Å². The third kappa shape index (κ3) is 3.36. The molecule has 1 aliphatic rings. The van der Waals surface area contributed by atoms with Crippen molar-refractivity contribution >= 4 is 16.9 Å². The molecule has 1 saturated heterocycles. The van der Waals surface area contributed by atoms with Crippen LogP contribution in [0.3, 0.4) is 0 Å². The van der Waals surface area contributed by atoms with E-state index in [1.165, 1.54) is 19.3 Å². The van der Waals surface area contributed by atoms with E-state index in [4.69, 9.17) is 0 Å². The summed E-state index contributed by atoms with van der Waals surface area (Å²) in [5.41, 5.74) is 2.06. The van der Waals surface area contributed by atoms with Gasteiger partial charge in [-0.3, -0.25) is 4.79 Å². The molecule has 1 aromatic carbocycles. The lowest BCUT2D eigenvalue weighted by Crippen LogP contribution is -2.34. The van der Waals surface area contributed by atoms with Crippen molar-refractivity contribution in [2.24, 2.45) is 0 Å². The highest BCUT2D eigenvalue weighted by Crippen LogP contribution is 2.21. The highest BCUT2D eigenvalue weighted by molar-refractivity contribution is 5.94. The number of aromatic nitrogens is 1. The van der Waals surface area contributed by atoms with E-state index in [0.29, 0.717) is 13.0 Å². The Morgan fingerprint density at radius 1 is 1.12 bits per heavy atom. The molecule has 2 heterocycles. The average Bonchev–Trinajstić information content (AvgIpc) is 2.60. The minimum Gasteiger partial charge on any atom is -0.478 e. The fourth-order valence-corrected chi connectivity index (χ4v) is 3.58. The number of carboxylic acid groups (broad SMARTS) is 1. The summed E-state index contributed by atoms with van der Waals surface area (Å²) in [7, 11) is 0. The van der Waals surface area contributed by atoms with Crippen molar-refractivity contribution in [2.75, 3.05) is 19.6 Å². The van der Waals surface area contributed by atoms with Gasteiger partial charge in [0, 0.05) is 19.2 Å². The molecule has 128 valence electrons. The maximum atomic E-state index is 12.4. The van der Waals surface area contributed by atoms with Crippen molar-refractivity contribution in [3.63, 3.8) is 0 Å². The Morgan fingerprint density at radius 3 is 2.54 bits per heavy atom. The van der Waals surface area contributed by atoms with Crippen LogP contribution in [0, 0.1) is 0 Å². The summed E-state index contributed by atoms with van der Waals surface area (Å²) >= 11 is 0. The number of aryl methyl sites for hydroxylation is 1. The van der Waals surface area contributed by atoms with Crippen molar-refractivity contribution < 1.29 is 9.90 Å². The minimum absolute atomic E-state index is 0.0164. The first-order valence-corrected chi connectivity index (χ1v) is 8.72. The third-order valence-corrected chi connectivity index (χ3v) is 4.88. The van der Waals surface area contributed by atoms with Crippen LogP contribution in [-0.2, 0) is 13.0 Å². The van der Waals surface area contributed by atoms with E-state index in [-0.39, 0.29) is 11.1 Å². The summed E-state index contributed by atoms with van der Waals surface area (Å²) in [5.74, 6) is -0.933. The van der Waals surface area contributed by atoms with Gasteiger partial charge in [-0.05, 0) is 61.5 Å². The van der Waals surface area contributed by atoms with E-state index in [1.807, 2.05) is 11.5 Å². The Morgan fingerprint density at radius 2 is 1.88 bits per heavy atom. The second-order valence-electron chi connectivity index (χ2n) is 6.46. The molecule has 0 atom stereocenters. The van der Waals surface area contributed by atoms with Gasteiger partial charge in [0.1, 0.15) is 0 Å². The molecule has 0 aliphatic carbocycles. The van der Waals surface area contributed by atoms with E-state index >= 15 is 0 Å². The number of carbonyl (C=O) groups is 1. The number of hydrogen-bond acceptors (Lipinski definition) is 3. The molecule has 1 aromatic heterocycles. The molecule has 0 unspecified atom stereocenters. The van der Waals surface area contributed by atoms with Gasteiger partial charge in [-0.2, -0.15) is 0 Å². The van der Waals surface area contributed by atoms with Crippen LogP contribution in [0.4, 0.5) is 0 Å². The number of likely N-dealkylation sites (tertiary alicyclic amines) is 1. The van der Waals surface area contributed by atoms with E-state index in [2.05, 4.69) is 4.90 Å². The van der Waals surface area contributed by atoms with Crippen LogP contribution in [0.2, 0.25) is 0 Å². The molecule has 5 heteroatoms.